The lowest BCUT2D eigenvalue weighted by molar-refractivity contribution is -0.138. The van der Waals surface area contributed by atoms with Crippen molar-refractivity contribution in [2.45, 2.75) is 25.7 Å². The SMILES string of the molecule is COc1ccc(CNC(=O)[C@H](C)n2cncn2)c(C(F)(F)F)c1. The maximum absolute atomic E-state index is 13.1. The number of nitrogens with zero attached hydrogens (tertiary/aromatic N) is 3. The average Bonchev–Trinajstić information content (AvgIpc) is 3.05. The van der Waals surface area contributed by atoms with Crippen LogP contribution in [0.4, 0.5) is 13.2 Å². The van der Waals surface area contributed by atoms with Crippen LogP contribution in [0.2, 0.25) is 0 Å². The third-order valence-electron chi connectivity index (χ3n) is 3.29. The number of carbonyl (C=O) groups is 1. The summed E-state index contributed by atoms with van der Waals surface area (Å²) >= 11 is 0. The van der Waals surface area contributed by atoms with E-state index in [-0.39, 0.29) is 17.9 Å². The monoisotopic (exact) mass is 328 g/mol. The van der Waals surface area contributed by atoms with Crippen LogP contribution in [0.3, 0.4) is 0 Å². The zero-order chi connectivity index (χ0) is 17.0. The van der Waals surface area contributed by atoms with Crippen LogP contribution < -0.4 is 10.1 Å². The van der Waals surface area contributed by atoms with Crippen LogP contribution in [0, 0.1) is 0 Å². The smallest absolute Gasteiger partial charge is 0.416 e. The van der Waals surface area contributed by atoms with E-state index < -0.39 is 23.7 Å². The molecule has 0 spiro atoms. The van der Waals surface area contributed by atoms with Gasteiger partial charge in [-0.1, -0.05) is 6.07 Å². The minimum atomic E-state index is -4.54. The number of aromatic nitrogens is 3. The Hall–Kier alpha value is -2.58. The van der Waals surface area contributed by atoms with Gasteiger partial charge in [-0.15, -0.1) is 0 Å². The van der Waals surface area contributed by atoms with Crippen molar-refractivity contribution in [1.29, 1.82) is 0 Å². The van der Waals surface area contributed by atoms with E-state index in [0.717, 1.165) is 6.07 Å². The Morgan fingerprint density at radius 1 is 1.43 bits per heavy atom. The topological polar surface area (TPSA) is 69.0 Å². The van der Waals surface area contributed by atoms with Crippen molar-refractivity contribution in [1.82, 2.24) is 20.1 Å². The van der Waals surface area contributed by atoms with Gasteiger partial charge in [0, 0.05) is 6.54 Å². The van der Waals surface area contributed by atoms with E-state index in [1.54, 1.807) is 6.92 Å². The Bertz CT molecular complexity index is 671. The van der Waals surface area contributed by atoms with Gasteiger partial charge in [0.2, 0.25) is 5.91 Å². The van der Waals surface area contributed by atoms with E-state index in [9.17, 15) is 18.0 Å². The number of hydrogen-bond acceptors (Lipinski definition) is 4. The first-order chi connectivity index (χ1) is 10.8. The van der Waals surface area contributed by atoms with Gasteiger partial charge in [0.05, 0.1) is 12.7 Å². The molecule has 0 unspecified atom stereocenters. The van der Waals surface area contributed by atoms with Crippen LogP contribution in [-0.4, -0.2) is 27.8 Å². The Morgan fingerprint density at radius 2 is 2.17 bits per heavy atom. The van der Waals surface area contributed by atoms with Gasteiger partial charge in [0.1, 0.15) is 24.4 Å². The normalized spacial score (nSPS) is 12.7. The van der Waals surface area contributed by atoms with Crippen molar-refractivity contribution >= 4 is 5.91 Å². The number of benzene rings is 1. The first kappa shape index (κ1) is 16.8. The first-order valence-electron chi connectivity index (χ1n) is 6.69. The fourth-order valence-corrected chi connectivity index (χ4v) is 1.97. The number of amides is 1. The Kier molecular flexibility index (Phi) is 4.87. The molecular formula is C14H15F3N4O2. The molecule has 9 heteroatoms. The van der Waals surface area contributed by atoms with Crippen molar-refractivity contribution in [2.24, 2.45) is 0 Å². The van der Waals surface area contributed by atoms with E-state index >= 15 is 0 Å². The Labute approximate surface area is 130 Å². The molecule has 0 radical (unpaired) electrons. The van der Waals surface area contributed by atoms with Gasteiger partial charge < -0.3 is 10.1 Å². The second kappa shape index (κ2) is 6.67. The molecule has 6 nitrogen and oxygen atoms in total. The molecule has 1 aromatic carbocycles. The minimum Gasteiger partial charge on any atom is -0.497 e. The molecule has 0 fully saturated rings. The molecule has 1 amide bonds. The lowest BCUT2D eigenvalue weighted by Gasteiger charge is -2.16. The highest BCUT2D eigenvalue weighted by atomic mass is 19.4. The van der Waals surface area contributed by atoms with Gasteiger partial charge >= 0.3 is 6.18 Å². The lowest BCUT2D eigenvalue weighted by atomic mass is 10.1. The summed E-state index contributed by atoms with van der Waals surface area (Å²) in [5.41, 5.74) is -0.886. The van der Waals surface area contributed by atoms with Crippen molar-refractivity contribution in [3.8, 4) is 5.75 Å². The van der Waals surface area contributed by atoms with E-state index in [2.05, 4.69) is 15.4 Å². The molecule has 1 N–H and O–H groups in total. The van der Waals surface area contributed by atoms with Gasteiger partial charge in [-0.05, 0) is 24.6 Å². The fraction of sp³-hybridized carbons (Fsp3) is 0.357. The molecule has 0 aliphatic heterocycles. The van der Waals surface area contributed by atoms with Crippen molar-refractivity contribution < 1.29 is 22.7 Å². The fourth-order valence-electron chi connectivity index (χ4n) is 1.97. The molecule has 0 aliphatic carbocycles. The number of halogens is 3. The second-order valence-electron chi connectivity index (χ2n) is 4.79. The third-order valence-corrected chi connectivity index (χ3v) is 3.29. The van der Waals surface area contributed by atoms with Crippen LogP contribution in [-0.2, 0) is 17.5 Å². The van der Waals surface area contributed by atoms with Gasteiger partial charge in [0.25, 0.3) is 0 Å². The van der Waals surface area contributed by atoms with E-state index in [1.165, 1.54) is 36.6 Å². The summed E-state index contributed by atoms with van der Waals surface area (Å²) in [4.78, 5) is 15.7. The molecule has 0 saturated carbocycles. The highest BCUT2D eigenvalue weighted by Crippen LogP contribution is 2.34. The highest BCUT2D eigenvalue weighted by molar-refractivity contribution is 5.79. The molecule has 0 aliphatic rings. The number of ether oxygens (including phenoxy) is 1. The Balaban J connectivity index is 2.12. The quantitative estimate of drug-likeness (QED) is 0.913. The van der Waals surface area contributed by atoms with Gasteiger partial charge in [-0.25, -0.2) is 9.67 Å². The molecule has 1 heterocycles. The van der Waals surface area contributed by atoms with Gasteiger partial charge in [-0.3, -0.25) is 4.79 Å². The largest absolute Gasteiger partial charge is 0.497 e. The van der Waals surface area contributed by atoms with Crippen LogP contribution in [0.15, 0.2) is 30.9 Å². The molecule has 1 aromatic heterocycles. The van der Waals surface area contributed by atoms with Gasteiger partial charge in [-0.2, -0.15) is 18.3 Å². The molecule has 1 atom stereocenters. The number of rotatable bonds is 5. The summed E-state index contributed by atoms with van der Waals surface area (Å²) in [5.74, 6) is -0.358. The third kappa shape index (κ3) is 3.99. The Morgan fingerprint density at radius 3 is 2.74 bits per heavy atom. The highest BCUT2D eigenvalue weighted by Gasteiger charge is 2.34. The van der Waals surface area contributed by atoms with Crippen molar-refractivity contribution in [3.05, 3.63) is 42.0 Å². The molecule has 0 saturated heterocycles. The summed E-state index contributed by atoms with van der Waals surface area (Å²) in [6.07, 6.45) is -1.90. The first-order valence-corrected chi connectivity index (χ1v) is 6.69. The van der Waals surface area contributed by atoms with Crippen LogP contribution >= 0.6 is 0 Å². The molecule has 2 aromatic rings. The molecular weight excluding hydrogens is 313 g/mol. The minimum absolute atomic E-state index is 0.0440. The van der Waals surface area contributed by atoms with Crippen LogP contribution in [0.5, 0.6) is 5.75 Å². The lowest BCUT2D eigenvalue weighted by Crippen LogP contribution is -2.31. The standard InChI is InChI=1S/C14H15F3N4O2/c1-9(21-8-18-7-20-21)13(22)19-6-10-3-4-11(23-2)5-12(10)14(15,16)17/h3-5,7-9H,6H2,1-2H3,(H,19,22)/t9-/m0/s1. The number of carbonyl (C=O) groups excluding carboxylic acids is 1. The van der Waals surface area contributed by atoms with Crippen molar-refractivity contribution in [3.63, 3.8) is 0 Å². The molecule has 0 bridgehead atoms. The summed E-state index contributed by atoms with van der Waals surface area (Å²) in [6, 6.07) is 2.92. The van der Waals surface area contributed by atoms with E-state index in [0.29, 0.717) is 0 Å². The zero-order valence-electron chi connectivity index (χ0n) is 12.5. The molecule has 124 valence electrons. The zero-order valence-corrected chi connectivity index (χ0v) is 12.5. The number of methoxy groups -OCH3 is 1. The molecule has 23 heavy (non-hydrogen) atoms. The predicted octanol–water partition coefficient (Wildman–Crippen LogP) is 2.18. The predicted molar refractivity (Wildman–Crippen MR) is 74.6 cm³/mol. The number of alkyl halides is 3. The van der Waals surface area contributed by atoms with Crippen molar-refractivity contribution in [2.75, 3.05) is 7.11 Å². The summed E-state index contributed by atoms with van der Waals surface area (Å²) in [5, 5.41) is 6.29. The van der Waals surface area contributed by atoms with Gasteiger partial charge in [0.15, 0.2) is 0 Å². The van der Waals surface area contributed by atoms with E-state index in [1.807, 2.05) is 0 Å². The summed E-state index contributed by atoms with van der Waals surface area (Å²) in [6.45, 7) is 1.32. The van der Waals surface area contributed by atoms with E-state index in [4.69, 9.17) is 4.74 Å². The summed E-state index contributed by atoms with van der Waals surface area (Å²) in [7, 11) is 1.29. The van der Waals surface area contributed by atoms with Crippen LogP contribution in [0.1, 0.15) is 24.1 Å². The maximum atomic E-state index is 13.1. The number of nitrogens with one attached hydrogen (secondary N) is 1. The second-order valence-corrected chi connectivity index (χ2v) is 4.79. The maximum Gasteiger partial charge on any atom is 0.416 e. The van der Waals surface area contributed by atoms with Crippen LogP contribution in [0.25, 0.3) is 0 Å². The number of hydrogen-bond donors (Lipinski definition) is 1. The summed E-state index contributed by atoms with van der Waals surface area (Å²) < 4.78 is 45.4. The molecule has 2 rings (SSSR count). The average molecular weight is 328 g/mol.